The summed E-state index contributed by atoms with van der Waals surface area (Å²) in [6.45, 7) is 5.18. The van der Waals surface area contributed by atoms with E-state index in [1.807, 2.05) is 4.57 Å². The summed E-state index contributed by atoms with van der Waals surface area (Å²) in [5.74, 6) is -0.923. The summed E-state index contributed by atoms with van der Waals surface area (Å²) in [5, 5.41) is 11.9. The number of hydrogen-bond acceptors (Lipinski definition) is 3. The summed E-state index contributed by atoms with van der Waals surface area (Å²) in [7, 11) is 0. The number of nitrogens with zero attached hydrogens (tertiary/aromatic N) is 2. The lowest BCUT2D eigenvalue weighted by Gasteiger charge is -2.12. The molecule has 0 aliphatic carbocycles. The minimum atomic E-state index is -1.00. The molecule has 1 aromatic heterocycles. The number of rotatable bonds is 7. The first kappa shape index (κ1) is 19.5. The van der Waals surface area contributed by atoms with Gasteiger partial charge in [0.05, 0.1) is 22.2 Å². The number of halogens is 1. The number of benzene rings is 2. The molecule has 1 heterocycles. The predicted molar refractivity (Wildman–Crippen MR) is 104 cm³/mol. The highest BCUT2D eigenvalue weighted by atomic mass is 19.1. The van der Waals surface area contributed by atoms with Crippen LogP contribution in [-0.4, -0.2) is 33.1 Å². The van der Waals surface area contributed by atoms with E-state index in [-0.39, 0.29) is 11.1 Å². The zero-order valence-electron chi connectivity index (χ0n) is 15.8. The van der Waals surface area contributed by atoms with Gasteiger partial charge in [-0.25, -0.2) is 14.2 Å². The van der Waals surface area contributed by atoms with Crippen LogP contribution < -0.4 is 5.32 Å². The van der Waals surface area contributed by atoms with Gasteiger partial charge in [-0.15, -0.1) is 0 Å². The summed E-state index contributed by atoms with van der Waals surface area (Å²) < 4.78 is 15.8. The van der Waals surface area contributed by atoms with Crippen molar-refractivity contribution in [2.24, 2.45) is 5.92 Å². The van der Waals surface area contributed by atoms with Crippen LogP contribution in [0.4, 0.5) is 4.39 Å². The van der Waals surface area contributed by atoms with Gasteiger partial charge in [-0.3, -0.25) is 4.79 Å². The Morgan fingerprint density at radius 3 is 2.64 bits per heavy atom. The monoisotopic (exact) mass is 383 g/mol. The Hall–Kier alpha value is -3.22. The molecule has 0 aliphatic rings. The van der Waals surface area contributed by atoms with Gasteiger partial charge in [0.1, 0.15) is 11.6 Å². The van der Waals surface area contributed by atoms with Crippen LogP contribution >= 0.6 is 0 Å². The molecule has 28 heavy (non-hydrogen) atoms. The molecule has 146 valence electrons. The van der Waals surface area contributed by atoms with Crippen LogP contribution in [0.5, 0.6) is 0 Å². The molecule has 0 atom stereocenters. The van der Waals surface area contributed by atoms with Gasteiger partial charge in [0.25, 0.3) is 5.91 Å². The standard InChI is InChI=1S/C21H22FN3O3/c1-13(2)12-25-18-8-7-14(21(27)28)11-17(18)24-19(25)9-10-23-20(26)15-5-3-4-6-16(15)22/h3-8,11,13H,9-10,12H2,1-2H3,(H,23,26)(H,27,28). The van der Waals surface area contributed by atoms with Crippen molar-refractivity contribution in [3.63, 3.8) is 0 Å². The van der Waals surface area contributed by atoms with Crippen LogP contribution in [0.15, 0.2) is 42.5 Å². The smallest absolute Gasteiger partial charge is 0.335 e. The molecular weight excluding hydrogens is 361 g/mol. The van der Waals surface area contributed by atoms with Crippen molar-refractivity contribution in [2.45, 2.75) is 26.8 Å². The van der Waals surface area contributed by atoms with Gasteiger partial charge < -0.3 is 15.0 Å². The minimum Gasteiger partial charge on any atom is -0.478 e. The molecule has 0 aliphatic heterocycles. The number of hydrogen-bond donors (Lipinski definition) is 2. The molecule has 2 N–H and O–H groups in total. The minimum absolute atomic E-state index is 0.00397. The van der Waals surface area contributed by atoms with E-state index in [9.17, 15) is 19.1 Å². The molecule has 0 radical (unpaired) electrons. The van der Waals surface area contributed by atoms with Crippen LogP contribution in [0.1, 0.15) is 40.4 Å². The molecule has 0 spiro atoms. The van der Waals surface area contributed by atoms with E-state index in [1.54, 1.807) is 24.3 Å². The van der Waals surface area contributed by atoms with Gasteiger partial charge in [-0.2, -0.15) is 0 Å². The molecule has 0 saturated heterocycles. The largest absolute Gasteiger partial charge is 0.478 e. The molecule has 2 aromatic carbocycles. The van der Waals surface area contributed by atoms with Crippen LogP contribution in [0.25, 0.3) is 11.0 Å². The van der Waals surface area contributed by atoms with E-state index in [0.717, 1.165) is 17.9 Å². The number of imidazole rings is 1. The maximum atomic E-state index is 13.7. The fraction of sp³-hybridized carbons (Fsp3) is 0.286. The second kappa shape index (κ2) is 8.21. The van der Waals surface area contributed by atoms with Gasteiger partial charge in [-0.1, -0.05) is 26.0 Å². The van der Waals surface area contributed by atoms with Gasteiger partial charge in [0.15, 0.2) is 0 Å². The zero-order chi connectivity index (χ0) is 20.3. The first-order valence-electron chi connectivity index (χ1n) is 9.12. The number of carbonyl (C=O) groups is 2. The lowest BCUT2D eigenvalue weighted by atomic mass is 10.2. The summed E-state index contributed by atoms with van der Waals surface area (Å²) in [4.78, 5) is 27.9. The topological polar surface area (TPSA) is 84.2 Å². The predicted octanol–water partition coefficient (Wildman–Crippen LogP) is 3.50. The number of carbonyl (C=O) groups excluding carboxylic acids is 1. The summed E-state index contributed by atoms with van der Waals surface area (Å²) in [6.07, 6.45) is 0.448. The van der Waals surface area contributed by atoms with Crippen LogP contribution in [0.2, 0.25) is 0 Å². The van der Waals surface area contributed by atoms with Crippen LogP contribution in [0.3, 0.4) is 0 Å². The van der Waals surface area contributed by atoms with Gasteiger partial charge >= 0.3 is 5.97 Å². The molecule has 3 rings (SSSR count). The Kier molecular flexibility index (Phi) is 5.73. The van der Waals surface area contributed by atoms with Crippen LogP contribution in [0, 0.1) is 11.7 Å². The van der Waals surface area contributed by atoms with E-state index in [2.05, 4.69) is 24.1 Å². The highest BCUT2D eigenvalue weighted by Crippen LogP contribution is 2.20. The molecule has 1 amide bonds. The van der Waals surface area contributed by atoms with E-state index in [1.165, 1.54) is 18.2 Å². The average molecular weight is 383 g/mol. The van der Waals surface area contributed by atoms with Crippen molar-refractivity contribution >= 4 is 22.9 Å². The Labute approximate surface area is 162 Å². The number of carboxylic acids is 1. The Morgan fingerprint density at radius 2 is 1.96 bits per heavy atom. The summed E-state index contributed by atoms with van der Waals surface area (Å²) in [6, 6.07) is 10.7. The number of nitrogens with one attached hydrogen (secondary N) is 1. The molecule has 0 fully saturated rings. The number of aromatic carboxylic acids is 1. The van der Waals surface area contributed by atoms with E-state index >= 15 is 0 Å². The van der Waals surface area contributed by atoms with Crippen LogP contribution in [-0.2, 0) is 13.0 Å². The number of fused-ring (bicyclic) bond motifs is 1. The molecule has 6 nitrogen and oxygen atoms in total. The number of amides is 1. The van der Waals surface area contributed by atoms with Gasteiger partial charge in [0, 0.05) is 19.5 Å². The lowest BCUT2D eigenvalue weighted by Crippen LogP contribution is -2.27. The average Bonchev–Trinajstić information content (AvgIpc) is 2.98. The third kappa shape index (κ3) is 4.19. The van der Waals surface area contributed by atoms with Gasteiger partial charge in [0.2, 0.25) is 0 Å². The highest BCUT2D eigenvalue weighted by Gasteiger charge is 2.15. The van der Waals surface area contributed by atoms with Crippen molar-refractivity contribution in [3.05, 3.63) is 65.2 Å². The summed E-state index contributed by atoms with van der Waals surface area (Å²) >= 11 is 0. The Balaban J connectivity index is 1.80. The van der Waals surface area contributed by atoms with Crippen molar-refractivity contribution < 1.29 is 19.1 Å². The number of carboxylic acid groups (broad SMARTS) is 1. The molecule has 0 unspecified atom stereocenters. The van der Waals surface area contributed by atoms with E-state index < -0.39 is 17.7 Å². The SMILES string of the molecule is CC(C)Cn1c(CCNC(=O)c2ccccc2F)nc2cc(C(=O)O)ccc21. The maximum Gasteiger partial charge on any atom is 0.335 e. The molecule has 7 heteroatoms. The maximum absolute atomic E-state index is 13.7. The molecular formula is C21H22FN3O3. The quantitative estimate of drug-likeness (QED) is 0.654. The summed E-state index contributed by atoms with van der Waals surface area (Å²) in [5.41, 5.74) is 1.65. The highest BCUT2D eigenvalue weighted by molar-refractivity contribution is 5.94. The first-order chi connectivity index (χ1) is 13.4. The fourth-order valence-corrected chi connectivity index (χ4v) is 3.10. The van der Waals surface area contributed by atoms with Gasteiger partial charge in [-0.05, 0) is 36.2 Å². The third-order valence-corrected chi connectivity index (χ3v) is 4.37. The molecule has 0 saturated carbocycles. The normalized spacial score (nSPS) is 11.1. The van der Waals surface area contributed by atoms with Crippen molar-refractivity contribution in [1.82, 2.24) is 14.9 Å². The Bertz CT molecular complexity index is 1030. The van der Waals surface area contributed by atoms with Crippen molar-refractivity contribution in [3.8, 4) is 0 Å². The van der Waals surface area contributed by atoms with Crippen molar-refractivity contribution in [1.29, 1.82) is 0 Å². The number of aromatic nitrogens is 2. The zero-order valence-corrected chi connectivity index (χ0v) is 15.8. The first-order valence-corrected chi connectivity index (χ1v) is 9.12. The Morgan fingerprint density at radius 1 is 1.21 bits per heavy atom. The lowest BCUT2D eigenvalue weighted by molar-refractivity contribution is 0.0696. The van der Waals surface area contributed by atoms with Crippen molar-refractivity contribution in [2.75, 3.05) is 6.54 Å². The van der Waals surface area contributed by atoms with E-state index in [4.69, 9.17) is 0 Å². The van der Waals surface area contributed by atoms with E-state index in [0.29, 0.717) is 24.4 Å². The fourth-order valence-electron chi connectivity index (χ4n) is 3.10. The second-order valence-corrected chi connectivity index (χ2v) is 7.03. The molecule has 3 aromatic rings. The molecule has 0 bridgehead atoms. The second-order valence-electron chi connectivity index (χ2n) is 7.03. The third-order valence-electron chi connectivity index (χ3n) is 4.37.